The number of benzene rings is 1. The van der Waals surface area contributed by atoms with Crippen LogP contribution in [-0.2, 0) is 19.4 Å². The lowest BCUT2D eigenvalue weighted by atomic mass is 10.0. The number of hydrogen-bond acceptors (Lipinski definition) is 4. The molecule has 1 heterocycles. The zero-order valence-corrected chi connectivity index (χ0v) is 13.5. The highest BCUT2D eigenvalue weighted by molar-refractivity contribution is 7.90. The Bertz CT molecular complexity index is 698. The van der Waals surface area contributed by atoms with Gasteiger partial charge in [0.15, 0.2) is 0 Å². The summed E-state index contributed by atoms with van der Waals surface area (Å²) in [6, 6.07) is 3.82. The van der Waals surface area contributed by atoms with Crippen LogP contribution in [-0.4, -0.2) is 32.2 Å². The molecule has 0 aromatic heterocycles. The molecule has 0 spiro atoms. The van der Waals surface area contributed by atoms with Crippen LogP contribution in [0.25, 0.3) is 0 Å². The minimum absolute atomic E-state index is 0.0430. The monoisotopic (exact) mass is 309 g/mol. The Kier molecular flexibility index (Phi) is 3.93. The number of imide groups is 1. The Morgan fingerprint density at radius 1 is 1.14 bits per heavy atom. The van der Waals surface area contributed by atoms with E-state index in [1.165, 1.54) is 0 Å². The maximum Gasteiger partial charge on any atom is 0.238 e. The molecule has 0 bridgehead atoms. The maximum absolute atomic E-state index is 12.4. The van der Waals surface area contributed by atoms with Crippen LogP contribution in [0.2, 0.25) is 0 Å². The van der Waals surface area contributed by atoms with Crippen LogP contribution >= 0.6 is 0 Å². The average molecular weight is 309 g/mol. The second-order valence-electron chi connectivity index (χ2n) is 5.81. The molecule has 2 rings (SSSR count). The molecule has 0 saturated carbocycles. The van der Waals surface area contributed by atoms with Gasteiger partial charge in [0.25, 0.3) is 0 Å². The van der Waals surface area contributed by atoms with Crippen molar-refractivity contribution in [3.63, 3.8) is 0 Å². The molecule has 1 aliphatic heterocycles. The second kappa shape index (κ2) is 5.26. The van der Waals surface area contributed by atoms with Crippen molar-refractivity contribution in [3.8, 4) is 0 Å². The lowest BCUT2D eigenvalue weighted by Gasteiger charge is -2.20. The zero-order chi connectivity index (χ0) is 15.9. The predicted molar refractivity (Wildman–Crippen MR) is 81.0 cm³/mol. The fourth-order valence-electron chi connectivity index (χ4n) is 2.95. The molecule has 1 fully saturated rings. The number of hydrogen-bond donors (Lipinski definition) is 0. The summed E-state index contributed by atoms with van der Waals surface area (Å²) in [5.41, 5.74) is 3.33. The summed E-state index contributed by atoms with van der Waals surface area (Å²) in [5, 5.41) is 0. The van der Waals surface area contributed by atoms with Crippen molar-refractivity contribution in [1.82, 2.24) is 0 Å². The quantitative estimate of drug-likeness (QED) is 0.794. The first-order chi connectivity index (χ1) is 9.60. The van der Waals surface area contributed by atoms with E-state index < -0.39 is 21.7 Å². The number of nitrogens with zero attached hydrogens (tertiary/aromatic N) is 1. The van der Waals surface area contributed by atoms with Crippen LogP contribution in [0, 0.1) is 26.7 Å². The van der Waals surface area contributed by atoms with Crippen LogP contribution in [0.3, 0.4) is 0 Å². The Hall–Kier alpha value is -1.69. The molecule has 114 valence electrons. The van der Waals surface area contributed by atoms with Gasteiger partial charge in [0.05, 0.1) is 17.4 Å². The van der Waals surface area contributed by atoms with Gasteiger partial charge in [-0.1, -0.05) is 17.7 Å². The number of anilines is 1. The minimum Gasteiger partial charge on any atom is -0.274 e. The van der Waals surface area contributed by atoms with Crippen LogP contribution in [0.15, 0.2) is 12.1 Å². The van der Waals surface area contributed by atoms with E-state index in [0.717, 1.165) is 27.8 Å². The predicted octanol–water partition coefficient (Wildman–Crippen LogP) is 1.54. The summed E-state index contributed by atoms with van der Waals surface area (Å²) in [6.07, 6.45) is 1.04. The molecule has 1 aliphatic rings. The van der Waals surface area contributed by atoms with E-state index in [4.69, 9.17) is 0 Å². The van der Waals surface area contributed by atoms with E-state index in [9.17, 15) is 18.0 Å². The molecule has 1 atom stereocenters. The molecule has 21 heavy (non-hydrogen) atoms. The molecule has 1 aromatic carbocycles. The van der Waals surface area contributed by atoms with Crippen molar-refractivity contribution in [3.05, 3.63) is 28.8 Å². The van der Waals surface area contributed by atoms with E-state index in [1.807, 2.05) is 32.9 Å². The number of carbonyl (C=O) groups excluding carboxylic acids is 2. The van der Waals surface area contributed by atoms with Gasteiger partial charge in [-0.3, -0.25) is 9.59 Å². The van der Waals surface area contributed by atoms with Gasteiger partial charge in [-0.25, -0.2) is 13.3 Å². The first-order valence-electron chi connectivity index (χ1n) is 6.72. The van der Waals surface area contributed by atoms with Crippen molar-refractivity contribution in [2.45, 2.75) is 27.2 Å². The lowest BCUT2D eigenvalue weighted by Crippen LogP contribution is -2.33. The molecule has 5 nitrogen and oxygen atoms in total. The van der Waals surface area contributed by atoms with E-state index >= 15 is 0 Å². The summed E-state index contributed by atoms with van der Waals surface area (Å²) < 4.78 is 22.8. The van der Waals surface area contributed by atoms with Gasteiger partial charge in [-0.05, 0) is 31.9 Å². The van der Waals surface area contributed by atoms with Gasteiger partial charge in [-0.15, -0.1) is 0 Å². The highest BCUT2D eigenvalue weighted by atomic mass is 32.2. The number of rotatable bonds is 3. The third kappa shape index (κ3) is 3.15. The van der Waals surface area contributed by atoms with E-state index in [2.05, 4.69) is 0 Å². The van der Waals surface area contributed by atoms with Crippen LogP contribution in [0.1, 0.15) is 23.1 Å². The van der Waals surface area contributed by atoms with Gasteiger partial charge < -0.3 is 0 Å². The Morgan fingerprint density at radius 2 is 1.67 bits per heavy atom. The Balaban J connectivity index is 2.42. The minimum atomic E-state index is -3.30. The van der Waals surface area contributed by atoms with E-state index in [1.54, 1.807) is 0 Å². The molecule has 6 heteroatoms. The van der Waals surface area contributed by atoms with Gasteiger partial charge in [0.1, 0.15) is 9.84 Å². The topological polar surface area (TPSA) is 71.5 Å². The summed E-state index contributed by atoms with van der Waals surface area (Å²) in [4.78, 5) is 25.8. The number of carbonyl (C=O) groups is 2. The van der Waals surface area contributed by atoms with Crippen molar-refractivity contribution < 1.29 is 18.0 Å². The van der Waals surface area contributed by atoms with Crippen molar-refractivity contribution >= 4 is 27.3 Å². The summed E-state index contributed by atoms with van der Waals surface area (Å²) in [5.74, 6) is -1.80. The van der Waals surface area contributed by atoms with Crippen molar-refractivity contribution in [2.24, 2.45) is 5.92 Å². The molecule has 0 radical (unpaired) electrons. The Morgan fingerprint density at radius 3 is 2.14 bits per heavy atom. The maximum atomic E-state index is 12.4. The van der Waals surface area contributed by atoms with Gasteiger partial charge >= 0.3 is 0 Å². The summed E-state index contributed by atoms with van der Waals surface area (Å²) in [7, 11) is -3.30. The zero-order valence-electron chi connectivity index (χ0n) is 12.6. The standard InChI is InChI=1S/C15H19NO4S/c1-9-5-10(2)14(11(3)6-9)16-13(17)7-12(15(16)18)8-21(4,19)20/h5-6,12H,7-8H2,1-4H3. The molecule has 1 saturated heterocycles. The summed E-state index contributed by atoms with van der Waals surface area (Å²) in [6.45, 7) is 5.64. The van der Waals surface area contributed by atoms with Gasteiger partial charge in [0.2, 0.25) is 11.8 Å². The first-order valence-corrected chi connectivity index (χ1v) is 8.78. The van der Waals surface area contributed by atoms with Crippen molar-refractivity contribution in [2.75, 3.05) is 16.9 Å². The van der Waals surface area contributed by atoms with Crippen LogP contribution in [0.5, 0.6) is 0 Å². The third-order valence-corrected chi connectivity index (χ3v) is 4.61. The third-order valence-electron chi connectivity index (χ3n) is 3.60. The molecule has 1 aromatic rings. The van der Waals surface area contributed by atoms with Crippen molar-refractivity contribution in [1.29, 1.82) is 0 Å². The fraction of sp³-hybridized carbons (Fsp3) is 0.467. The Labute approximate surface area is 124 Å². The number of sulfone groups is 1. The largest absolute Gasteiger partial charge is 0.274 e. The van der Waals surface area contributed by atoms with Gasteiger partial charge in [-0.2, -0.15) is 0 Å². The molecule has 0 N–H and O–H groups in total. The molecular formula is C15H19NO4S. The summed E-state index contributed by atoms with van der Waals surface area (Å²) >= 11 is 0. The first kappa shape index (κ1) is 15.7. The SMILES string of the molecule is Cc1cc(C)c(N2C(=O)CC(CS(C)(=O)=O)C2=O)c(C)c1. The smallest absolute Gasteiger partial charge is 0.238 e. The lowest BCUT2D eigenvalue weighted by molar-refractivity contribution is -0.122. The average Bonchev–Trinajstić information content (AvgIpc) is 2.53. The van der Waals surface area contributed by atoms with Gasteiger partial charge in [0, 0.05) is 12.7 Å². The molecule has 2 amide bonds. The van der Waals surface area contributed by atoms with Crippen LogP contribution < -0.4 is 4.90 Å². The molecule has 1 unspecified atom stereocenters. The number of amides is 2. The van der Waals surface area contributed by atoms with E-state index in [-0.39, 0.29) is 18.1 Å². The highest BCUT2D eigenvalue weighted by Crippen LogP contribution is 2.33. The molecular weight excluding hydrogens is 290 g/mol. The fourth-order valence-corrected chi connectivity index (χ4v) is 3.94. The van der Waals surface area contributed by atoms with E-state index in [0.29, 0.717) is 5.69 Å². The highest BCUT2D eigenvalue weighted by Gasteiger charge is 2.41. The second-order valence-corrected chi connectivity index (χ2v) is 7.99. The molecule has 0 aliphatic carbocycles. The normalized spacial score (nSPS) is 19.4. The number of aryl methyl sites for hydroxylation is 3. The van der Waals surface area contributed by atoms with Crippen LogP contribution in [0.4, 0.5) is 5.69 Å².